The van der Waals surface area contributed by atoms with Crippen molar-refractivity contribution < 1.29 is 31.1 Å². The van der Waals surface area contributed by atoms with Crippen LogP contribution in [0.25, 0.3) is 0 Å². The summed E-state index contributed by atoms with van der Waals surface area (Å²) in [5, 5.41) is 2.93. The standard InChI is InChI=1S/C26H37F6N3O/c1-5-6-18-13-21(34(4)16(2)3)7-8-23(18)35-10-9-22(24(35)36)33-15-17-11-19(25(27,28)29)14-20(12-17)26(30,31)32/h11-12,14,16,18,21-23,33H,5-10,13,15H2,1-4H3/t18-,21-,22?,23+/m1/s1. The van der Waals surface area contributed by atoms with Crippen LogP contribution in [0.3, 0.4) is 0 Å². The summed E-state index contributed by atoms with van der Waals surface area (Å²) in [4.78, 5) is 17.5. The van der Waals surface area contributed by atoms with Gasteiger partial charge in [0.25, 0.3) is 0 Å². The number of amides is 1. The van der Waals surface area contributed by atoms with Crippen molar-refractivity contribution in [2.24, 2.45) is 5.92 Å². The first-order chi connectivity index (χ1) is 16.7. The van der Waals surface area contributed by atoms with Crippen LogP contribution >= 0.6 is 0 Å². The van der Waals surface area contributed by atoms with Crippen molar-refractivity contribution in [2.45, 2.75) is 102 Å². The molecule has 2 aliphatic rings. The molecule has 0 spiro atoms. The van der Waals surface area contributed by atoms with Gasteiger partial charge in [0, 0.05) is 31.2 Å². The third-order valence-corrected chi connectivity index (χ3v) is 7.80. The van der Waals surface area contributed by atoms with E-state index in [1.165, 1.54) is 0 Å². The number of nitrogens with one attached hydrogen (secondary N) is 1. The van der Waals surface area contributed by atoms with Gasteiger partial charge >= 0.3 is 12.4 Å². The lowest BCUT2D eigenvalue weighted by Gasteiger charge is -2.44. The van der Waals surface area contributed by atoms with Crippen molar-refractivity contribution in [2.75, 3.05) is 13.6 Å². The van der Waals surface area contributed by atoms with E-state index in [9.17, 15) is 31.1 Å². The van der Waals surface area contributed by atoms with Crippen molar-refractivity contribution in [1.29, 1.82) is 0 Å². The molecule has 1 N–H and O–H groups in total. The molecule has 2 fully saturated rings. The molecule has 4 nitrogen and oxygen atoms in total. The zero-order valence-electron chi connectivity index (χ0n) is 21.3. The van der Waals surface area contributed by atoms with Gasteiger partial charge in [-0.25, -0.2) is 0 Å². The molecule has 1 saturated heterocycles. The summed E-state index contributed by atoms with van der Waals surface area (Å²) in [6.45, 7) is 6.77. The lowest BCUT2D eigenvalue weighted by molar-refractivity contribution is -0.143. The van der Waals surface area contributed by atoms with Gasteiger partial charge in [0.05, 0.1) is 17.2 Å². The van der Waals surface area contributed by atoms with Crippen LogP contribution in [0.1, 0.15) is 76.0 Å². The third-order valence-electron chi connectivity index (χ3n) is 7.80. The molecule has 1 aliphatic heterocycles. The highest BCUT2D eigenvalue weighted by Crippen LogP contribution is 2.38. The topological polar surface area (TPSA) is 35.6 Å². The monoisotopic (exact) mass is 521 g/mol. The molecule has 1 aromatic carbocycles. The maximum atomic E-state index is 13.2. The first-order valence-corrected chi connectivity index (χ1v) is 12.8. The lowest BCUT2D eigenvalue weighted by Crippen LogP contribution is -2.51. The molecule has 4 atom stereocenters. The molecule has 1 aliphatic carbocycles. The van der Waals surface area contributed by atoms with Crippen LogP contribution in [0, 0.1) is 5.92 Å². The van der Waals surface area contributed by atoms with Crippen LogP contribution in [0.4, 0.5) is 26.3 Å². The molecular formula is C26H37F6N3O. The Balaban J connectivity index is 1.68. The van der Waals surface area contributed by atoms with E-state index in [0.29, 0.717) is 43.1 Å². The van der Waals surface area contributed by atoms with Crippen LogP contribution < -0.4 is 5.32 Å². The van der Waals surface area contributed by atoms with Gasteiger partial charge in [-0.15, -0.1) is 0 Å². The Morgan fingerprint density at radius 3 is 2.17 bits per heavy atom. The van der Waals surface area contributed by atoms with Crippen molar-refractivity contribution in [3.05, 3.63) is 34.9 Å². The Kier molecular flexibility index (Phi) is 9.02. The minimum atomic E-state index is -4.90. The van der Waals surface area contributed by atoms with Gasteiger partial charge in [0.1, 0.15) is 0 Å². The molecule has 1 saturated carbocycles. The van der Waals surface area contributed by atoms with E-state index in [1.54, 1.807) is 0 Å². The number of hydrogen-bond donors (Lipinski definition) is 1. The molecule has 1 amide bonds. The maximum Gasteiger partial charge on any atom is 0.416 e. The van der Waals surface area contributed by atoms with Gasteiger partial charge in [-0.1, -0.05) is 13.3 Å². The number of carbonyl (C=O) groups is 1. The van der Waals surface area contributed by atoms with Crippen molar-refractivity contribution in [3.63, 3.8) is 0 Å². The van der Waals surface area contributed by atoms with E-state index in [1.807, 2.05) is 4.90 Å². The Hall–Kier alpha value is -1.81. The zero-order chi connectivity index (χ0) is 26.8. The molecule has 1 unspecified atom stereocenters. The molecule has 1 aromatic rings. The van der Waals surface area contributed by atoms with E-state index in [-0.39, 0.29) is 30.1 Å². The highest BCUT2D eigenvalue weighted by atomic mass is 19.4. The smallest absolute Gasteiger partial charge is 0.338 e. The first kappa shape index (κ1) is 28.8. The number of rotatable bonds is 8. The number of carbonyl (C=O) groups excluding carboxylic acids is 1. The average Bonchev–Trinajstić information content (AvgIpc) is 3.16. The summed E-state index contributed by atoms with van der Waals surface area (Å²) >= 11 is 0. The average molecular weight is 522 g/mol. The second-order valence-corrected chi connectivity index (χ2v) is 10.5. The van der Waals surface area contributed by atoms with Crippen LogP contribution in [0.15, 0.2) is 18.2 Å². The highest BCUT2D eigenvalue weighted by molar-refractivity contribution is 5.84. The fourth-order valence-electron chi connectivity index (χ4n) is 5.69. The summed E-state index contributed by atoms with van der Waals surface area (Å²) in [7, 11) is 2.14. The Labute approximate surface area is 209 Å². The van der Waals surface area contributed by atoms with Gasteiger partial charge < -0.3 is 15.1 Å². The number of alkyl halides is 6. The molecular weight excluding hydrogens is 484 g/mol. The van der Waals surface area contributed by atoms with Gasteiger partial charge in [-0.3, -0.25) is 4.79 Å². The Morgan fingerprint density at radius 1 is 1.03 bits per heavy atom. The summed E-state index contributed by atoms with van der Waals surface area (Å²) in [6, 6.07) is 1.94. The van der Waals surface area contributed by atoms with E-state index in [2.05, 4.69) is 38.0 Å². The van der Waals surface area contributed by atoms with E-state index in [0.717, 1.165) is 32.1 Å². The third kappa shape index (κ3) is 6.73. The van der Waals surface area contributed by atoms with Crippen LogP contribution in [-0.2, 0) is 23.7 Å². The molecule has 0 aromatic heterocycles. The quantitative estimate of drug-likeness (QED) is 0.421. The number of halogens is 6. The zero-order valence-corrected chi connectivity index (χ0v) is 21.3. The van der Waals surface area contributed by atoms with Gasteiger partial charge in [-0.05, 0) is 82.7 Å². The maximum absolute atomic E-state index is 13.2. The van der Waals surface area contributed by atoms with Gasteiger partial charge in [0.2, 0.25) is 5.91 Å². The molecule has 0 radical (unpaired) electrons. The molecule has 36 heavy (non-hydrogen) atoms. The Morgan fingerprint density at radius 2 is 1.64 bits per heavy atom. The predicted octanol–water partition coefficient (Wildman–Crippen LogP) is 6.09. The van der Waals surface area contributed by atoms with Crippen LogP contribution in [0.2, 0.25) is 0 Å². The second kappa shape index (κ2) is 11.3. The molecule has 3 rings (SSSR count). The van der Waals surface area contributed by atoms with E-state index in [4.69, 9.17) is 0 Å². The summed E-state index contributed by atoms with van der Waals surface area (Å²) in [6.07, 6.45) is -4.38. The van der Waals surface area contributed by atoms with E-state index < -0.39 is 29.5 Å². The van der Waals surface area contributed by atoms with Crippen LogP contribution in [-0.4, -0.2) is 53.5 Å². The van der Waals surface area contributed by atoms with E-state index >= 15 is 0 Å². The van der Waals surface area contributed by atoms with Crippen LogP contribution in [0.5, 0.6) is 0 Å². The lowest BCUT2D eigenvalue weighted by atomic mass is 9.77. The minimum absolute atomic E-state index is 0.111. The number of hydrogen-bond acceptors (Lipinski definition) is 3. The van der Waals surface area contributed by atoms with Gasteiger partial charge in [-0.2, -0.15) is 26.3 Å². The normalized spacial score (nSPS) is 25.9. The molecule has 1 heterocycles. The fraction of sp³-hybridized carbons (Fsp3) is 0.731. The number of nitrogens with zero attached hydrogens (tertiary/aromatic N) is 2. The predicted molar refractivity (Wildman–Crippen MR) is 126 cm³/mol. The summed E-state index contributed by atoms with van der Waals surface area (Å²) < 4.78 is 79.0. The molecule has 0 bridgehead atoms. The SMILES string of the molecule is CCC[C@@H]1C[C@H](N(C)C(C)C)CC[C@@H]1N1CCC(NCc2cc(C(F)(F)F)cc(C(F)(F)F)c2)C1=O. The summed E-state index contributed by atoms with van der Waals surface area (Å²) in [5.41, 5.74) is -2.84. The second-order valence-electron chi connectivity index (χ2n) is 10.5. The Bertz CT molecular complexity index is 868. The van der Waals surface area contributed by atoms with Crippen molar-refractivity contribution in [3.8, 4) is 0 Å². The number of likely N-dealkylation sites (tertiary alicyclic amines) is 1. The summed E-state index contributed by atoms with van der Waals surface area (Å²) in [5.74, 6) is 0.259. The highest BCUT2D eigenvalue weighted by Gasteiger charge is 2.42. The minimum Gasteiger partial charge on any atom is -0.338 e. The molecule has 204 valence electrons. The van der Waals surface area contributed by atoms with Crippen molar-refractivity contribution >= 4 is 5.91 Å². The number of benzene rings is 1. The van der Waals surface area contributed by atoms with Gasteiger partial charge in [0.15, 0.2) is 0 Å². The largest absolute Gasteiger partial charge is 0.416 e. The first-order valence-electron chi connectivity index (χ1n) is 12.8. The van der Waals surface area contributed by atoms with Crippen molar-refractivity contribution in [1.82, 2.24) is 15.1 Å². The fourth-order valence-corrected chi connectivity index (χ4v) is 5.69. The molecule has 10 heteroatoms.